The summed E-state index contributed by atoms with van der Waals surface area (Å²) in [6.45, 7) is 0. The fraction of sp³-hybridized carbons (Fsp3) is 0.0175. The van der Waals surface area contributed by atoms with Crippen molar-refractivity contribution in [3.63, 3.8) is 0 Å². The van der Waals surface area contributed by atoms with Gasteiger partial charge in [0, 0.05) is 42.8 Å². The van der Waals surface area contributed by atoms with Crippen LogP contribution in [-0.2, 0) is 5.41 Å². The molecule has 1 spiro atoms. The lowest BCUT2D eigenvalue weighted by Gasteiger charge is -2.40. The number of fused-ring (bicyclic) bond motifs is 14. The largest absolute Gasteiger partial charge is 0.292 e. The molecule has 4 heteroatoms. The first kappa shape index (κ1) is 34.3. The SMILES string of the molecule is c1ccc(-n2c(-c3ccc(-c4ccc(-c5nc6ccccc6c6c7c(ccc56)C5(c6ccccc6S7)c6ccccc6-c6ccccc65)cc4)cc3)nc3ccccc32)cc1. The third-order valence-corrected chi connectivity index (χ3v) is 14.1. The van der Waals surface area contributed by atoms with Gasteiger partial charge in [-0.05, 0) is 80.9 Å². The first-order valence-electron chi connectivity index (χ1n) is 20.8. The molecule has 0 atom stereocenters. The first-order valence-corrected chi connectivity index (χ1v) is 21.6. The van der Waals surface area contributed by atoms with Crippen LogP contribution in [-0.4, -0.2) is 14.5 Å². The van der Waals surface area contributed by atoms with Gasteiger partial charge in [-0.1, -0.05) is 188 Å². The Bertz CT molecular complexity index is 3500. The summed E-state index contributed by atoms with van der Waals surface area (Å²) < 4.78 is 2.25. The van der Waals surface area contributed by atoms with Crippen LogP contribution >= 0.6 is 11.8 Å². The fourth-order valence-electron chi connectivity index (χ4n) is 10.3. The number of rotatable bonds is 4. The molecule has 61 heavy (non-hydrogen) atoms. The van der Waals surface area contributed by atoms with Gasteiger partial charge in [-0.15, -0.1) is 0 Å². The summed E-state index contributed by atoms with van der Waals surface area (Å²) in [5, 5.41) is 3.61. The zero-order valence-electron chi connectivity index (χ0n) is 33.0. The average Bonchev–Trinajstić information content (AvgIpc) is 3.86. The molecule has 1 aliphatic heterocycles. The van der Waals surface area contributed by atoms with Crippen molar-refractivity contribution < 1.29 is 0 Å². The van der Waals surface area contributed by atoms with Gasteiger partial charge in [-0.3, -0.25) is 4.57 Å². The zero-order valence-corrected chi connectivity index (χ0v) is 33.8. The Morgan fingerprint density at radius 1 is 0.393 bits per heavy atom. The van der Waals surface area contributed by atoms with Gasteiger partial charge in [0.25, 0.3) is 0 Å². The van der Waals surface area contributed by atoms with Crippen LogP contribution in [0.2, 0.25) is 0 Å². The van der Waals surface area contributed by atoms with Crippen LogP contribution < -0.4 is 0 Å². The molecule has 0 saturated carbocycles. The minimum Gasteiger partial charge on any atom is -0.292 e. The average molecular weight is 794 g/mol. The Kier molecular flexibility index (Phi) is 7.45. The third-order valence-electron chi connectivity index (χ3n) is 12.9. The molecule has 0 saturated heterocycles. The maximum absolute atomic E-state index is 5.41. The third kappa shape index (κ3) is 4.94. The van der Waals surface area contributed by atoms with E-state index in [0.29, 0.717) is 0 Å². The molecule has 0 unspecified atom stereocenters. The molecule has 284 valence electrons. The lowest BCUT2D eigenvalue weighted by molar-refractivity contribution is 0.726. The maximum atomic E-state index is 5.41. The summed E-state index contributed by atoms with van der Waals surface area (Å²) in [6, 6.07) is 77.1. The molecule has 0 radical (unpaired) electrons. The van der Waals surface area contributed by atoms with Crippen molar-refractivity contribution in [2.45, 2.75) is 15.2 Å². The lowest BCUT2D eigenvalue weighted by atomic mass is 9.67. The minimum atomic E-state index is -0.436. The zero-order chi connectivity index (χ0) is 40.1. The summed E-state index contributed by atoms with van der Waals surface area (Å²) in [7, 11) is 0. The molecular formula is C57H35N3S. The highest BCUT2D eigenvalue weighted by molar-refractivity contribution is 7.99. The Morgan fingerprint density at radius 3 is 1.70 bits per heavy atom. The highest BCUT2D eigenvalue weighted by Crippen LogP contribution is 2.63. The van der Waals surface area contributed by atoms with E-state index in [1.807, 2.05) is 17.8 Å². The van der Waals surface area contributed by atoms with Gasteiger partial charge in [-0.25, -0.2) is 9.97 Å². The molecule has 3 nitrogen and oxygen atoms in total. The van der Waals surface area contributed by atoms with E-state index in [4.69, 9.17) is 9.97 Å². The smallest absolute Gasteiger partial charge is 0.145 e. The number of nitrogens with zero attached hydrogens (tertiary/aromatic N) is 3. The number of benzene rings is 9. The highest BCUT2D eigenvalue weighted by atomic mass is 32.2. The van der Waals surface area contributed by atoms with E-state index in [2.05, 4.69) is 211 Å². The topological polar surface area (TPSA) is 30.7 Å². The van der Waals surface area contributed by atoms with E-state index >= 15 is 0 Å². The van der Waals surface area contributed by atoms with Crippen LogP contribution in [0.3, 0.4) is 0 Å². The first-order chi connectivity index (χ1) is 30.3. The number of pyridine rings is 1. The van der Waals surface area contributed by atoms with Gasteiger partial charge in [0.05, 0.1) is 27.7 Å². The second-order valence-corrected chi connectivity index (χ2v) is 17.1. The predicted octanol–water partition coefficient (Wildman–Crippen LogP) is 14.6. The van der Waals surface area contributed by atoms with Crippen molar-refractivity contribution in [3.8, 4) is 50.6 Å². The van der Waals surface area contributed by atoms with E-state index in [0.717, 1.165) is 61.4 Å². The van der Waals surface area contributed by atoms with E-state index in [1.54, 1.807) is 0 Å². The highest BCUT2D eigenvalue weighted by Gasteiger charge is 2.50. The Balaban J connectivity index is 0.945. The van der Waals surface area contributed by atoms with Crippen LogP contribution in [0.15, 0.2) is 222 Å². The molecule has 2 aliphatic rings. The van der Waals surface area contributed by atoms with Crippen molar-refractivity contribution >= 4 is 44.5 Å². The van der Waals surface area contributed by atoms with Crippen molar-refractivity contribution in [1.29, 1.82) is 0 Å². The van der Waals surface area contributed by atoms with Gasteiger partial charge in [0.2, 0.25) is 0 Å². The Hall–Kier alpha value is -7.53. The van der Waals surface area contributed by atoms with E-state index in [-0.39, 0.29) is 0 Å². The second-order valence-electron chi connectivity index (χ2n) is 16.0. The molecular weight excluding hydrogens is 759 g/mol. The summed E-state index contributed by atoms with van der Waals surface area (Å²) in [5.41, 5.74) is 17.2. The molecule has 0 amide bonds. The number of aromatic nitrogens is 3. The Labute approximate surface area is 357 Å². The quantitative estimate of drug-likeness (QED) is 0.166. The number of hydrogen-bond donors (Lipinski definition) is 0. The number of hydrogen-bond acceptors (Lipinski definition) is 3. The molecule has 13 rings (SSSR count). The van der Waals surface area contributed by atoms with Gasteiger partial charge in [0.1, 0.15) is 5.82 Å². The molecule has 3 heterocycles. The van der Waals surface area contributed by atoms with E-state index in [1.165, 1.54) is 53.9 Å². The van der Waals surface area contributed by atoms with Gasteiger partial charge in [0.15, 0.2) is 0 Å². The molecule has 0 bridgehead atoms. The van der Waals surface area contributed by atoms with Crippen LogP contribution in [0.5, 0.6) is 0 Å². The van der Waals surface area contributed by atoms with Crippen molar-refractivity contribution in [3.05, 3.63) is 235 Å². The Morgan fingerprint density at radius 2 is 0.967 bits per heavy atom. The lowest BCUT2D eigenvalue weighted by Crippen LogP contribution is -2.32. The van der Waals surface area contributed by atoms with Gasteiger partial charge < -0.3 is 0 Å². The summed E-state index contributed by atoms with van der Waals surface area (Å²) in [4.78, 5) is 13.1. The normalized spacial score (nSPS) is 13.3. The summed E-state index contributed by atoms with van der Waals surface area (Å²) >= 11 is 1.91. The molecule has 0 N–H and O–H groups in total. The molecule has 9 aromatic carbocycles. The van der Waals surface area contributed by atoms with Crippen LogP contribution in [0.25, 0.3) is 83.3 Å². The van der Waals surface area contributed by atoms with Gasteiger partial charge in [-0.2, -0.15) is 0 Å². The number of imidazole rings is 1. The van der Waals surface area contributed by atoms with Crippen molar-refractivity contribution in [2.75, 3.05) is 0 Å². The standard InChI is InChI=1S/C57H35N3S/c1-2-14-40(15-3-1)60-51-24-12-11-23-50(51)59-56(60)39-32-28-37(29-33-39)36-26-30-38(31-27-36)54-44-34-35-48-55(53(44)43-18-6-10-22-49(43)58-54)61-52-25-13-9-21-47(52)57(48)45-19-7-4-16-41(45)42-17-5-8-20-46(42)57/h1-35H. The van der Waals surface area contributed by atoms with Crippen LogP contribution in [0.4, 0.5) is 0 Å². The monoisotopic (exact) mass is 793 g/mol. The second kappa shape index (κ2) is 13.2. The van der Waals surface area contributed by atoms with Crippen LogP contribution in [0.1, 0.15) is 22.3 Å². The number of para-hydroxylation sites is 4. The summed E-state index contributed by atoms with van der Waals surface area (Å²) in [6.07, 6.45) is 0. The minimum absolute atomic E-state index is 0.436. The molecule has 2 aromatic heterocycles. The van der Waals surface area contributed by atoms with Crippen molar-refractivity contribution in [1.82, 2.24) is 14.5 Å². The fourth-order valence-corrected chi connectivity index (χ4v) is 11.6. The van der Waals surface area contributed by atoms with E-state index in [9.17, 15) is 0 Å². The molecule has 11 aromatic rings. The molecule has 0 fully saturated rings. The van der Waals surface area contributed by atoms with E-state index < -0.39 is 5.41 Å². The van der Waals surface area contributed by atoms with Gasteiger partial charge >= 0.3 is 0 Å². The predicted molar refractivity (Wildman–Crippen MR) is 252 cm³/mol. The summed E-state index contributed by atoms with van der Waals surface area (Å²) in [5.74, 6) is 0.930. The molecule has 1 aliphatic carbocycles. The van der Waals surface area contributed by atoms with Crippen LogP contribution in [0, 0.1) is 0 Å². The van der Waals surface area contributed by atoms with Crippen molar-refractivity contribution in [2.24, 2.45) is 0 Å². The maximum Gasteiger partial charge on any atom is 0.145 e.